The number of rotatable bonds is 5. The molecule has 1 heterocycles. The van der Waals surface area contributed by atoms with E-state index >= 15 is 0 Å². The van der Waals surface area contributed by atoms with E-state index in [1.807, 2.05) is 36.4 Å². The van der Waals surface area contributed by atoms with E-state index in [2.05, 4.69) is 15.5 Å². The lowest BCUT2D eigenvalue weighted by atomic mass is 10.2. The van der Waals surface area contributed by atoms with Gasteiger partial charge in [-0.3, -0.25) is 5.43 Å². The first-order valence-corrected chi connectivity index (χ1v) is 7.70. The quantitative estimate of drug-likeness (QED) is 0.378. The Hall–Kier alpha value is -3.06. The molecular weight excluding hydrogens is 310 g/mol. The Kier molecular flexibility index (Phi) is 4.39. The summed E-state index contributed by atoms with van der Waals surface area (Å²) < 4.78 is 5.78. The summed E-state index contributed by atoms with van der Waals surface area (Å²) in [6.45, 7) is 0. The summed E-state index contributed by atoms with van der Waals surface area (Å²) in [6.07, 6.45) is 1.69. The minimum Gasteiger partial charge on any atom is -0.457 e. The van der Waals surface area contributed by atoms with E-state index in [9.17, 15) is 0 Å². The van der Waals surface area contributed by atoms with Crippen LogP contribution < -0.4 is 21.6 Å². The van der Waals surface area contributed by atoms with Gasteiger partial charge in [0.25, 0.3) is 0 Å². The molecule has 0 bridgehead atoms. The van der Waals surface area contributed by atoms with Crippen molar-refractivity contribution in [2.75, 3.05) is 16.9 Å². The highest BCUT2D eigenvalue weighted by Crippen LogP contribution is 2.22. The van der Waals surface area contributed by atoms with Gasteiger partial charge in [0.05, 0.1) is 6.21 Å². The third-order valence-corrected chi connectivity index (χ3v) is 3.63. The molecule has 0 aliphatic rings. The highest BCUT2D eigenvalue weighted by Gasteiger charge is 1.99. The smallest absolute Gasteiger partial charge is 0.205 e. The number of aromatic nitrogens is 1. The summed E-state index contributed by atoms with van der Waals surface area (Å²) in [5.41, 5.74) is 15.6. The highest BCUT2D eigenvalue weighted by atomic mass is 32.1. The van der Waals surface area contributed by atoms with Crippen LogP contribution >= 0.6 is 11.3 Å². The number of benzene rings is 2. The van der Waals surface area contributed by atoms with E-state index in [4.69, 9.17) is 16.2 Å². The van der Waals surface area contributed by atoms with Gasteiger partial charge in [0.2, 0.25) is 5.13 Å². The van der Waals surface area contributed by atoms with Crippen molar-refractivity contribution in [3.63, 3.8) is 0 Å². The fourth-order valence-electron chi connectivity index (χ4n) is 1.83. The van der Waals surface area contributed by atoms with Crippen molar-refractivity contribution in [3.8, 4) is 11.5 Å². The van der Waals surface area contributed by atoms with Crippen molar-refractivity contribution in [1.82, 2.24) is 4.98 Å². The molecule has 0 atom stereocenters. The van der Waals surface area contributed by atoms with Crippen LogP contribution in [-0.2, 0) is 0 Å². The van der Waals surface area contributed by atoms with E-state index in [1.54, 1.807) is 23.7 Å². The molecule has 3 rings (SSSR count). The first-order chi connectivity index (χ1) is 11.2. The van der Waals surface area contributed by atoms with Gasteiger partial charge in [-0.15, -0.1) is 11.3 Å². The number of nitrogen functional groups attached to an aromatic ring is 2. The van der Waals surface area contributed by atoms with Crippen LogP contribution in [0.4, 0.5) is 16.6 Å². The normalized spacial score (nSPS) is 10.8. The molecule has 23 heavy (non-hydrogen) atoms. The van der Waals surface area contributed by atoms with Crippen LogP contribution in [0.3, 0.4) is 0 Å². The van der Waals surface area contributed by atoms with Crippen molar-refractivity contribution >= 4 is 34.2 Å². The van der Waals surface area contributed by atoms with Crippen molar-refractivity contribution in [1.29, 1.82) is 0 Å². The Morgan fingerprint density at radius 3 is 2.65 bits per heavy atom. The number of anilines is 3. The molecule has 3 aromatic rings. The van der Waals surface area contributed by atoms with Gasteiger partial charge in [0.15, 0.2) is 0 Å². The zero-order chi connectivity index (χ0) is 16.1. The van der Waals surface area contributed by atoms with Crippen LogP contribution in [-0.4, -0.2) is 11.2 Å². The van der Waals surface area contributed by atoms with Gasteiger partial charge in [-0.25, -0.2) is 4.98 Å². The van der Waals surface area contributed by atoms with Crippen molar-refractivity contribution in [2.24, 2.45) is 5.10 Å². The Morgan fingerprint density at radius 2 is 1.91 bits per heavy atom. The number of ether oxygens (including phenoxy) is 1. The zero-order valence-electron chi connectivity index (χ0n) is 12.1. The van der Waals surface area contributed by atoms with Gasteiger partial charge >= 0.3 is 0 Å². The molecule has 116 valence electrons. The summed E-state index contributed by atoms with van der Waals surface area (Å²) in [5, 5.41) is 6.53. The molecule has 0 spiro atoms. The first-order valence-electron chi connectivity index (χ1n) is 6.82. The molecule has 0 amide bonds. The standard InChI is InChI=1S/C16H15N5OS/c17-12-4-6-13(7-5-12)22-14-3-1-2-11(8-14)9-19-21-16-20-15(18)10-23-16/h1-10H,17-18H2,(H,20,21). The Morgan fingerprint density at radius 1 is 1.09 bits per heavy atom. The molecule has 0 unspecified atom stereocenters. The van der Waals surface area contributed by atoms with Crippen LogP contribution in [0.5, 0.6) is 11.5 Å². The highest BCUT2D eigenvalue weighted by molar-refractivity contribution is 7.14. The van der Waals surface area contributed by atoms with Gasteiger partial charge in [0.1, 0.15) is 17.3 Å². The van der Waals surface area contributed by atoms with Crippen molar-refractivity contribution < 1.29 is 4.74 Å². The van der Waals surface area contributed by atoms with Crippen LogP contribution in [0.2, 0.25) is 0 Å². The van der Waals surface area contributed by atoms with Gasteiger partial charge in [-0.2, -0.15) is 5.10 Å². The van der Waals surface area contributed by atoms with Crippen LogP contribution in [0, 0.1) is 0 Å². The fraction of sp³-hybridized carbons (Fsp3) is 0. The van der Waals surface area contributed by atoms with E-state index < -0.39 is 0 Å². The summed E-state index contributed by atoms with van der Waals surface area (Å²) in [7, 11) is 0. The molecule has 0 aliphatic carbocycles. The lowest BCUT2D eigenvalue weighted by molar-refractivity contribution is 0.482. The molecule has 0 saturated carbocycles. The first kappa shape index (κ1) is 14.9. The topological polar surface area (TPSA) is 98.5 Å². The number of thiazole rings is 1. The lowest BCUT2D eigenvalue weighted by Gasteiger charge is -2.06. The number of nitrogens with zero attached hydrogens (tertiary/aromatic N) is 2. The average Bonchev–Trinajstić information content (AvgIpc) is 2.96. The Balaban J connectivity index is 1.65. The molecule has 0 aliphatic heterocycles. The van der Waals surface area contributed by atoms with E-state index in [1.165, 1.54) is 11.3 Å². The summed E-state index contributed by atoms with van der Waals surface area (Å²) in [6, 6.07) is 14.8. The molecule has 6 nitrogen and oxygen atoms in total. The molecule has 0 saturated heterocycles. The largest absolute Gasteiger partial charge is 0.457 e. The summed E-state index contributed by atoms with van der Waals surface area (Å²) >= 11 is 1.39. The van der Waals surface area contributed by atoms with Gasteiger partial charge in [0, 0.05) is 11.1 Å². The number of nitrogens with two attached hydrogens (primary N) is 2. The molecule has 0 fully saturated rings. The van der Waals surface area contributed by atoms with Gasteiger partial charge < -0.3 is 16.2 Å². The molecule has 2 aromatic carbocycles. The monoisotopic (exact) mass is 325 g/mol. The molecular formula is C16H15N5OS. The van der Waals surface area contributed by atoms with Crippen LogP contribution in [0.1, 0.15) is 5.56 Å². The second-order valence-electron chi connectivity index (χ2n) is 4.69. The molecule has 7 heteroatoms. The van der Waals surface area contributed by atoms with Crippen molar-refractivity contribution in [3.05, 3.63) is 59.5 Å². The maximum absolute atomic E-state index is 5.78. The van der Waals surface area contributed by atoms with Gasteiger partial charge in [-0.1, -0.05) is 12.1 Å². The maximum atomic E-state index is 5.78. The van der Waals surface area contributed by atoms with E-state index in [0.717, 1.165) is 17.1 Å². The Bertz CT molecular complexity index is 813. The number of hydrogen-bond acceptors (Lipinski definition) is 7. The minimum atomic E-state index is 0.478. The third-order valence-electron chi connectivity index (χ3n) is 2.87. The molecule has 5 N–H and O–H groups in total. The minimum absolute atomic E-state index is 0.478. The van der Waals surface area contributed by atoms with E-state index in [0.29, 0.717) is 16.6 Å². The third kappa shape index (κ3) is 4.21. The van der Waals surface area contributed by atoms with E-state index in [-0.39, 0.29) is 0 Å². The predicted octanol–water partition coefficient (Wildman–Crippen LogP) is 3.55. The SMILES string of the molecule is Nc1ccc(Oc2cccc(C=NNc3nc(N)cs3)c2)cc1. The lowest BCUT2D eigenvalue weighted by Crippen LogP contribution is -1.92. The Labute approximate surface area is 137 Å². The summed E-state index contributed by atoms with van der Waals surface area (Å²) in [5.74, 6) is 1.92. The number of hydrazone groups is 1. The maximum Gasteiger partial charge on any atom is 0.205 e. The fourth-order valence-corrected chi connectivity index (χ4v) is 2.38. The van der Waals surface area contributed by atoms with Crippen LogP contribution in [0.15, 0.2) is 59.0 Å². The van der Waals surface area contributed by atoms with Crippen LogP contribution in [0.25, 0.3) is 0 Å². The second-order valence-corrected chi connectivity index (χ2v) is 5.55. The summed E-state index contributed by atoms with van der Waals surface area (Å²) in [4.78, 5) is 4.06. The van der Waals surface area contributed by atoms with Gasteiger partial charge in [-0.05, 0) is 42.0 Å². The molecule has 1 aromatic heterocycles. The molecule has 0 radical (unpaired) electrons. The zero-order valence-corrected chi connectivity index (χ0v) is 13.0. The van der Waals surface area contributed by atoms with Crippen molar-refractivity contribution in [2.45, 2.75) is 0 Å². The number of nitrogens with one attached hydrogen (secondary N) is 1. The predicted molar refractivity (Wildman–Crippen MR) is 95.1 cm³/mol. The second kappa shape index (κ2) is 6.80. The average molecular weight is 325 g/mol. The number of hydrogen-bond donors (Lipinski definition) is 3.